The van der Waals surface area contributed by atoms with Gasteiger partial charge in [0.05, 0.1) is 12.1 Å². The van der Waals surface area contributed by atoms with Gasteiger partial charge in [-0.15, -0.1) is 0 Å². The van der Waals surface area contributed by atoms with Crippen LogP contribution in [0.25, 0.3) is 0 Å². The summed E-state index contributed by atoms with van der Waals surface area (Å²) in [5.74, 6) is -0.580. The molecule has 5 unspecified atom stereocenters. The third-order valence-corrected chi connectivity index (χ3v) is 4.83. The van der Waals surface area contributed by atoms with E-state index in [4.69, 9.17) is 0 Å². The molecule has 0 radical (unpaired) electrons. The van der Waals surface area contributed by atoms with Gasteiger partial charge in [0.1, 0.15) is 6.04 Å². The normalized spacial score (nSPS) is 41.5. The van der Waals surface area contributed by atoms with Gasteiger partial charge in [0.15, 0.2) is 0 Å². The van der Waals surface area contributed by atoms with Crippen LogP contribution in [0.5, 0.6) is 0 Å². The second-order valence-corrected chi connectivity index (χ2v) is 5.98. The number of β-amino-alcohol motifs (C(OH)–C–C–N with tert-alkyl or cyclic N) is 1. The number of aliphatic carboxylic acids is 1. The maximum absolute atomic E-state index is 12.4. The maximum atomic E-state index is 12.4. The minimum absolute atomic E-state index is 0.118. The van der Waals surface area contributed by atoms with Crippen molar-refractivity contribution in [2.45, 2.75) is 43.9 Å². The van der Waals surface area contributed by atoms with Crippen molar-refractivity contribution in [2.75, 3.05) is 13.1 Å². The highest BCUT2D eigenvalue weighted by Gasteiger charge is 2.50. The van der Waals surface area contributed by atoms with Crippen molar-refractivity contribution in [1.29, 1.82) is 0 Å². The fourth-order valence-corrected chi connectivity index (χ4v) is 3.95. The lowest BCUT2D eigenvalue weighted by Gasteiger charge is -2.27. The summed E-state index contributed by atoms with van der Waals surface area (Å²) in [5.41, 5.74) is 0. The number of amides is 1. The van der Waals surface area contributed by atoms with Gasteiger partial charge in [-0.2, -0.15) is 0 Å². The zero-order valence-corrected chi connectivity index (χ0v) is 10.8. The standard InChI is InChI=1S/C13H20N2O4/c16-8-4-10(14-5-8)12(17)15-6-7-2-1-3-9(7)11(15)13(18)19/h7-11,14,16H,1-6H2,(H,18,19). The maximum Gasteiger partial charge on any atom is 0.326 e. The zero-order chi connectivity index (χ0) is 13.6. The minimum atomic E-state index is -0.888. The van der Waals surface area contributed by atoms with Crippen molar-refractivity contribution in [3.05, 3.63) is 0 Å². The van der Waals surface area contributed by atoms with Gasteiger partial charge in [-0.05, 0) is 31.1 Å². The summed E-state index contributed by atoms with van der Waals surface area (Å²) >= 11 is 0. The van der Waals surface area contributed by atoms with Crippen LogP contribution in [0.15, 0.2) is 0 Å². The first-order chi connectivity index (χ1) is 9.08. The highest BCUT2D eigenvalue weighted by molar-refractivity contribution is 5.88. The molecule has 0 aromatic heterocycles. The van der Waals surface area contributed by atoms with Crippen LogP contribution in [0.2, 0.25) is 0 Å². The Morgan fingerprint density at radius 3 is 2.68 bits per heavy atom. The lowest BCUT2D eigenvalue weighted by molar-refractivity contribution is -0.150. The molecular formula is C13H20N2O4. The lowest BCUT2D eigenvalue weighted by atomic mass is 9.94. The van der Waals surface area contributed by atoms with Gasteiger partial charge >= 0.3 is 5.97 Å². The Labute approximate surface area is 111 Å². The van der Waals surface area contributed by atoms with Crippen LogP contribution in [0.3, 0.4) is 0 Å². The predicted octanol–water partition coefficient (Wildman–Crippen LogP) is -0.579. The number of aliphatic hydroxyl groups is 1. The van der Waals surface area contributed by atoms with Crippen LogP contribution < -0.4 is 5.32 Å². The number of carbonyl (C=O) groups is 2. The molecule has 3 rings (SSSR count). The van der Waals surface area contributed by atoms with E-state index in [0.29, 0.717) is 25.4 Å². The van der Waals surface area contributed by atoms with Crippen molar-refractivity contribution in [2.24, 2.45) is 11.8 Å². The quantitative estimate of drug-likeness (QED) is 0.623. The van der Waals surface area contributed by atoms with E-state index < -0.39 is 24.2 Å². The summed E-state index contributed by atoms with van der Waals surface area (Å²) in [6.45, 7) is 0.976. The molecule has 6 heteroatoms. The van der Waals surface area contributed by atoms with Crippen molar-refractivity contribution >= 4 is 11.9 Å². The number of hydrogen-bond donors (Lipinski definition) is 3. The highest BCUT2D eigenvalue weighted by atomic mass is 16.4. The van der Waals surface area contributed by atoms with E-state index in [-0.39, 0.29) is 11.8 Å². The van der Waals surface area contributed by atoms with Crippen LogP contribution in [0.4, 0.5) is 0 Å². The largest absolute Gasteiger partial charge is 0.480 e. The second kappa shape index (κ2) is 4.76. The van der Waals surface area contributed by atoms with E-state index in [1.807, 2.05) is 0 Å². The first kappa shape index (κ1) is 12.9. The van der Waals surface area contributed by atoms with Crippen LogP contribution in [-0.2, 0) is 9.59 Å². The molecule has 0 bridgehead atoms. The summed E-state index contributed by atoms with van der Waals surface area (Å²) in [7, 11) is 0. The molecule has 5 atom stereocenters. The highest BCUT2D eigenvalue weighted by Crippen LogP contribution is 2.42. The van der Waals surface area contributed by atoms with E-state index >= 15 is 0 Å². The molecule has 0 spiro atoms. The Morgan fingerprint density at radius 1 is 1.26 bits per heavy atom. The first-order valence-electron chi connectivity index (χ1n) is 7.02. The molecule has 2 aliphatic heterocycles. The number of carboxylic acid groups (broad SMARTS) is 1. The number of aliphatic hydroxyl groups excluding tert-OH is 1. The van der Waals surface area contributed by atoms with Crippen LogP contribution in [0.1, 0.15) is 25.7 Å². The van der Waals surface area contributed by atoms with Crippen LogP contribution in [0, 0.1) is 11.8 Å². The Balaban J connectivity index is 1.76. The van der Waals surface area contributed by atoms with Gasteiger partial charge < -0.3 is 20.4 Å². The summed E-state index contributed by atoms with van der Waals surface area (Å²) in [6, 6.07) is -1.09. The molecule has 19 heavy (non-hydrogen) atoms. The molecule has 2 heterocycles. The lowest BCUT2D eigenvalue weighted by Crippen LogP contribution is -2.49. The molecule has 1 saturated carbocycles. The van der Waals surface area contributed by atoms with Gasteiger partial charge in [-0.3, -0.25) is 4.79 Å². The number of carboxylic acids is 1. The first-order valence-corrected chi connectivity index (χ1v) is 7.02. The van der Waals surface area contributed by atoms with Crippen LogP contribution in [-0.4, -0.2) is 58.3 Å². The Hall–Kier alpha value is -1.14. The number of rotatable bonds is 2. The number of nitrogens with one attached hydrogen (secondary N) is 1. The van der Waals surface area contributed by atoms with E-state index in [9.17, 15) is 19.8 Å². The second-order valence-electron chi connectivity index (χ2n) is 5.98. The summed E-state index contributed by atoms with van der Waals surface area (Å²) in [6.07, 6.45) is 2.89. The average molecular weight is 268 g/mol. The van der Waals surface area contributed by atoms with E-state index in [1.54, 1.807) is 0 Å². The summed E-state index contributed by atoms with van der Waals surface area (Å²) in [4.78, 5) is 25.4. The number of fused-ring (bicyclic) bond motifs is 1. The molecule has 1 aliphatic carbocycles. The topological polar surface area (TPSA) is 89.9 Å². The molecule has 1 amide bonds. The number of likely N-dealkylation sites (tertiary alicyclic amines) is 1. The van der Waals surface area contributed by atoms with E-state index in [1.165, 1.54) is 4.90 Å². The van der Waals surface area contributed by atoms with Gasteiger partial charge in [-0.1, -0.05) is 6.42 Å². The van der Waals surface area contributed by atoms with Crippen molar-refractivity contribution in [1.82, 2.24) is 10.2 Å². The number of nitrogens with zero attached hydrogens (tertiary/aromatic N) is 1. The molecule has 6 nitrogen and oxygen atoms in total. The Kier molecular flexibility index (Phi) is 3.22. The molecular weight excluding hydrogens is 248 g/mol. The van der Waals surface area contributed by atoms with E-state index in [0.717, 1.165) is 19.3 Å². The fraction of sp³-hybridized carbons (Fsp3) is 0.846. The molecule has 3 aliphatic rings. The summed E-state index contributed by atoms with van der Waals surface area (Å²) < 4.78 is 0. The third kappa shape index (κ3) is 2.12. The van der Waals surface area contributed by atoms with E-state index in [2.05, 4.69) is 5.32 Å². The molecule has 106 valence electrons. The molecule has 2 saturated heterocycles. The predicted molar refractivity (Wildman–Crippen MR) is 66.4 cm³/mol. The minimum Gasteiger partial charge on any atom is -0.480 e. The van der Waals surface area contributed by atoms with Crippen molar-refractivity contribution in [3.63, 3.8) is 0 Å². The Morgan fingerprint density at radius 2 is 2.05 bits per heavy atom. The third-order valence-electron chi connectivity index (χ3n) is 4.83. The molecule has 0 aromatic carbocycles. The fourth-order valence-electron chi connectivity index (χ4n) is 3.95. The van der Waals surface area contributed by atoms with Crippen molar-refractivity contribution in [3.8, 4) is 0 Å². The Bertz CT molecular complexity index is 400. The monoisotopic (exact) mass is 268 g/mol. The molecule has 3 fully saturated rings. The average Bonchev–Trinajstić information content (AvgIpc) is 3.00. The smallest absolute Gasteiger partial charge is 0.326 e. The summed E-state index contributed by atoms with van der Waals surface area (Å²) in [5, 5.41) is 21.9. The zero-order valence-electron chi connectivity index (χ0n) is 10.8. The van der Waals surface area contributed by atoms with Crippen LogP contribution >= 0.6 is 0 Å². The van der Waals surface area contributed by atoms with Gasteiger partial charge in [0.2, 0.25) is 5.91 Å². The number of carbonyl (C=O) groups excluding carboxylic acids is 1. The molecule has 3 N–H and O–H groups in total. The number of hydrogen-bond acceptors (Lipinski definition) is 4. The SMILES string of the molecule is O=C(O)C1C2CCCC2CN1C(=O)C1CC(O)CN1. The van der Waals surface area contributed by atoms with Crippen molar-refractivity contribution < 1.29 is 19.8 Å². The van der Waals surface area contributed by atoms with Gasteiger partial charge in [0, 0.05) is 13.1 Å². The van der Waals surface area contributed by atoms with Gasteiger partial charge in [-0.25, -0.2) is 4.79 Å². The molecule has 0 aromatic rings. The van der Waals surface area contributed by atoms with Gasteiger partial charge in [0.25, 0.3) is 0 Å².